The van der Waals surface area contributed by atoms with E-state index < -0.39 is 5.82 Å². The van der Waals surface area contributed by atoms with Gasteiger partial charge in [-0.2, -0.15) is 5.26 Å². The van der Waals surface area contributed by atoms with E-state index >= 15 is 0 Å². The minimum atomic E-state index is -0.534. The fourth-order valence-electron chi connectivity index (χ4n) is 1.24. The van der Waals surface area contributed by atoms with E-state index in [0.29, 0.717) is 19.2 Å². The van der Waals surface area contributed by atoms with E-state index in [2.05, 4.69) is 21.2 Å². The summed E-state index contributed by atoms with van der Waals surface area (Å²) >= 11 is 3.03. The summed E-state index contributed by atoms with van der Waals surface area (Å²) in [5.41, 5.74) is 0.259. The SMILES string of the molecule is CC(C)NCCOc1ccc(C#N)c(Br)c1F. The largest absolute Gasteiger partial charge is 0.489 e. The van der Waals surface area contributed by atoms with E-state index in [1.807, 2.05) is 19.9 Å². The van der Waals surface area contributed by atoms with Gasteiger partial charge in [0.25, 0.3) is 0 Å². The molecule has 17 heavy (non-hydrogen) atoms. The average molecular weight is 301 g/mol. The number of nitrogens with zero attached hydrogens (tertiary/aromatic N) is 1. The van der Waals surface area contributed by atoms with Crippen LogP contribution in [-0.2, 0) is 0 Å². The lowest BCUT2D eigenvalue weighted by Crippen LogP contribution is -2.27. The third kappa shape index (κ3) is 3.99. The van der Waals surface area contributed by atoms with Crippen molar-refractivity contribution in [1.29, 1.82) is 5.26 Å². The lowest BCUT2D eigenvalue weighted by Gasteiger charge is -2.11. The molecule has 0 heterocycles. The topological polar surface area (TPSA) is 45.0 Å². The number of nitriles is 1. The third-order valence-corrected chi connectivity index (χ3v) is 2.85. The summed E-state index contributed by atoms with van der Waals surface area (Å²) in [6.45, 7) is 5.08. The van der Waals surface area contributed by atoms with Gasteiger partial charge >= 0.3 is 0 Å². The minimum Gasteiger partial charge on any atom is -0.489 e. The molecule has 0 amide bonds. The Morgan fingerprint density at radius 1 is 1.53 bits per heavy atom. The van der Waals surface area contributed by atoms with Crippen LogP contribution in [-0.4, -0.2) is 19.2 Å². The summed E-state index contributed by atoms with van der Waals surface area (Å²) in [6.07, 6.45) is 0. The molecule has 0 aliphatic rings. The lowest BCUT2D eigenvalue weighted by atomic mass is 10.2. The Morgan fingerprint density at radius 3 is 2.82 bits per heavy atom. The molecule has 0 unspecified atom stereocenters. The number of ether oxygens (including phenoxy) is 1. The average Bonchev–Trinajstić information content (AvgIpc) is 2.29. The summed E-state index contributed by atoms with van der Waals surface area (Å²) in [5, 5.41) is 11.9. The Morgan fingerprint density at radius 2 is 2.24 bits per heavy atom. The Hall–Kier alpha value is -1.12. The molecule has 1 aromatic carbocycles. The van der Waals surface area contributed by atoms with Gasteiger partial charge in [0.05, 0.1) is 10.0 Å². The molecule has 5 heteroatoms. The molecular weight excluding hydrogens is 287 g/mol. The minimum absolute atomic E-state index is 0.148. The van der Waals surface area contributed by atoms with Crippen LogP contribution in [0.2, 0.25) is 0 Å². The molecule has 1 aromatic rings. The fourth-order valence-corrected chi connectivity index (χ4v) is 1.65. The quantitative estimate of drug-likeness (QED) is 0.851. The lowest BCUT2D eigenvalue weighted by molar-refractivity contribution is 0.294. The van der Waals surface area contributed by atoms with Crippen LogP contribution in [0.5, 0.6) is 5.75 Å². The maximum atomic E-state index is 13.7. The summed E-state index contributed by atoms with van der Waals surface area (Å²) in [6, 6.07) is 5.25. The van der Waals surface area contributed by atoms with Crippen molar-refractivity contribution in [3.8, 4) is 11.8 Å². The number of nitrogens with one attached hydrogen (secondary N) is 1. The van der Waals surface area contributed by atoms with Crippen LogP contribution in [0.3, 0.4) is 0 Å². The fraction of sp³-hybridized carbons (Fsp3) is 0.417. The van der Waals surface area contributed by atoms with Crippen molar-refractivity contribution in [1.82, 2.24) is 5.32 Å². The summed E-state index contributed by atoms with van der Waals surface area (Å²) in [4.78, 5) is 0. The van der Waals surface area contributed by atoms with Crippen LogP contribution in [0.25, 0.3) is 0 Å². The van der Waals surface area contributed by atoms with E-state index in [9.17, 15) is 4.39 Å². The number of rotatable bonds is 5. The summed E-state index contributed by atoms with van der Waals surface area (Å²) in [5.74, 6) is -0.380. The highest BCUT2D eigenvalue weighted by atomic mass is 79.9. The zero-order valence-electron chi connectivity index (χ0n) is 9.76. The molecule has 1 N–H and O–H groups in total. The van der Waals surface area contributed by atoms with Crippen LogP contribution in [0.1, 0.15) is 19.4 Å². The molecule has 3 nitrogen and oxygen atoms in total. The number of hydrogen-bond acceptors (Lipinski definition) is 3. The van der Waals surface area contributed by atoms with Gasteiger partial charge in [-0.15, -0.1) is 0 Å². The second kappa shape index (κ2) is 6.58. The van der Waals surface area contributed by atoms with Gasteiger partial charge in [0, 0.05) is 12.6 Å². The van der Waals surface area contributed by atoms with Crippen molar-refractivity contribution in [2.75, 3.05) is 13.2 Å². The second-order valence-corrected chi connectivity index (χ2v) is 4.60. The summed E-state index contributed by atoms with van der Waals surface area (Å²) in [7, 11) is 0. The first kappa shape index (κ1) is 13.9. The Labute approximate surface area is 109 Å². The van der Waals surface area contributed by atoms with E-state index in [0.717, 1.165) is 0 Å². The molecule has 0 fully saturated rings. The molecule has 0 bridgehead atoms. The monoisotopic (exact) mass is 300 g/mol. The predicted octanol–water partition coefficient (Wildman–Crippen LogP) is 2.84. The smallest absolute Gasteiger partial charge is 0.180 e. The highest BCUT2D eigenvalue weighted by Gasteiger charge is 2.11. The Bertz CT molecular complexity index is 429. The van der Waals surface area contributed by atoms with Crippen molar-refractivity contribution in [3.05, 3.63) is 28.0 Å². The third-order valence-electron chi connectivity index (χ3n) is 2.08. The van der Waals surface area contributed by atoms with Crippen molar-refractivity contribution in [2.45, 2.75) is 19.9 Å². The molecule has 0 aliphatic carbocycles. The number of benzene rings is 1. The maximum Gasteiger partial charge on any atom is 0.180 e. The van der Waals surface area contributed by atoms with Gasteiger partial charge in [-0.3, -0.25) is 0 Å². The molecule has 0 saturated carbocycles. The van der Waals surface area contributed by atoms with Crippen molar-refractivity contribution >= 4 is 15.9 Å². The Kier molecular flexibility index (Phi) is 5.39. The first-order valence-corrected chi connectivity index (χ1v) is 6.09. The second-order valence-electron chi connectivity index (χ2n) is 3.81. The van der Waals surface area contributed by atoms with Gasteiger partial charge in [-0.05, 0) is 28.1 Å². The first-order chi connectivity index (χ1) is 8.06. The Balaban J connectivity index is 2.61. The molecule has 0 aliphatic heterocycles. The molecule has 0 radical (unpaired) electrons. The van der Waals surface area contributed by atoms with Gasteiger partial charge in [0.1, 0.15) is 12.7 Å². The molecule has 1 rings (SSSR count). The van der Waals surface area contributed by atoms with Crippen molar-refractivity contribution in [2.24, 2.45) is 0 Å². The van der Waals surface area contributed by atoms with Gasteiger partial charge in [0.15, 0.2) is 11.6 Å². The molecule has 0 aromatic heterocycles. The highest BCUT2D eigenvalue weighted by molar-refractivity contribution is 9.10. The molecule has 0 spiro atoms. The standard InChI is InChI=1S/C12H14BrFN2O/c1-8(2)16-5-6-17-10-4-3-9(7-15)11(13)12(10)14/h3-4,8,16H,5-6H2,1-2H3. The van der Waals surface area contributed by atoms with Crippen molar-refractivity contribution < 1.29 is 9.13 Å². The zero-order valence-corrected chi connectivity index (χ0v) is 11.3. The van der Waals surface area contributed by atoms with Gasteiger partial charge in [-0.25, -0.2) is 4.39 Å². The van der Waals surface area contributed by atoms with Crippen LogP contribution in [0, 0.1) is 17.1 Å². The van der Waals surface area contributed by atoms with Gasteiger partial charge in [0.2, 0.25) is 0 Å². The number of hydrogen-bond donors (Lipinski definition) is 1. The zero-order chi connectivity index (χ0) is 12.8. The van der Waals surface area contributed by atoms with E-state index in [-0.39, 0.29) is 15.8 Å². The van der Waals surface area contributed by atoms with Crippen LogP contribution >= 0.6 is 15.9 Å². The molecule has 0 saturated heterocycles. The highest BCUT2D eigenvalue weighted by Crippen LogP contribution is 2.27. The maximum absolute atomic E-state index is 13.7. The molecule has 0 atom stereocenters. The van der Waals surface area contributed by atoms with Crippen LogP contribution in [0.4, 0.5) is 4.39 Å². The van der Waals surface area contributed by atoms with Gasteiger partial charge < -0.3 is 10.1 Å². The number of halogens is 2. The van der Waals surface area contributed by atoms with Crippen molar-refractivity contribution in [3.63, 3.8) is 0 Å². The predicted molar refractivity (Wildman–Crippen MR) is 67.4 cm³/mol. The summed E-state index contributed by atoms with van der Waals surface area (Å²) < 4.78 is 19.1. The first-order valence-electron chi connectivity index (χ1n) is 5.30. The van der Waals surface area contributed by atoms with E-state index in [4.69, 9.17) is 10.00 Å². The van der Waals surface area contributed by atoms with Crippen LogP contribution in [0.15, 0.2) is 16.6 Å². The van der Waals surface area contributed by atoms with E-state index in [1.54, 1.807) is 0 Å². The van der Waals surface area contributed by atoms with Crippen LogP contribution < -0.4 is 10.1 Å². The van der Waals surface area contributed by atoms with E-state index in [1.165, 1.54) is 12.1 Å². The molecular formula is C12H14BrFN2O. The molecule has 92 valence electrons. The normalized spacial score (nSPS) is 10.4. The van der Waals surface area contributed by atoms with Gasteiger partial charge in [-0.1, -0.05) is 13.8 Å².